The fourth-order valence-electron chi connectivity index (χ4n) is 1.37. The van der Waals surface area contributed by atoms with Gasteiger partial charge in [-0.1, -0.05) is 0 Å². The van der Waals surface area contributed by atoms with Gasteiger partial charge in [0.2, 0.25) is 0 Å². The monoisotopic (exact) mass is 252 g/mol. The van der Waals surface area contributed by atoms with E-state index in [1.165, 1.54) is 16.7 Å². The number of aromatic nitrogens is 3. The number of carbonyl (C=O) groups is 1. The van der Waals surface area contributed by atoms with Crippen LogP contribution in [0, 0.1) is 0 Å². The third-order valence-corrected chi connectivity index (χ3v) is 3.07. The van der Waals surface area contributed by atoms with Crippen LogP contribution in [0.4, 0.5) is 5.13 Å². The Balaban J connectivity index is 1.86. The van der Waals surface area contributed by atoms with Gasteiger partial charge >= 0.3 is 5.97 Å². The smallest absolute Gasteiger partial charge is 0.355 e. The summed E-state index contributed by atoms with van der Waals surface area (Å²) in [6.45, 7) is 0.678. The van der Waals surface area contributed by atoms with Gasteiger partial charge in [-0.25, -0.2) is 14.8 Å². The van der Waals surface area contributed by atoms with Gasteiger partial charge in [-0.3, -0.25) is 0 Å². The Kier molecular flexibility index (Phi) is 3.38. The summed E-state index contributed by atoms with van der Waals surface area (Å²) in [5.41, 5.74) is 0.0782. The molecule has 2 aromatic rings. The van der Waals surface area contributed by atoms with E-state index in [1.807, 2.05) is 17.8 Å². The lowest BCUT2D eigenvalue weighted by molar-refractivity contribution is 0.0691. The molecule has 0 atom stereocenters. The molecule has 2 N–H and O–H groups in total. The molecule has 0 radical (unpaired) electrons. The van der Waals surface area contributed by atoms with Crippen LogP contribution in [0.15, 0.2) is 17.8 Å². The Bertz CT molecular complexity index is 520. The normalized spacial score (nSPS) is 10.4. The highest BCUT2D eigenvalue weighted by Gasteiger charge is 2.08. The third-order valence-electron chi connectivity index (χ3n) is 2.27. The van der Waals surface area contributed by atoms with E-state index >= 15 is 0 Å². The van der Waals surface area contributed by atoms with Crippen LogP contribution in [-0.4, -0.2) is 32.2 Å². The van der Waals surface area contributed by atoms with E-state index in [9.17, 15) is 4.79 Å². The third kappa shape index (κ3) is 2.82. The van der Waals surface area contributed by atoms with Gasteiger partial charge in [-0.15, -0.1) is 11.3 Å². The maximum atomic E-state index is 10.6. The van der Waals surface area contributed by atoms with Crippen molar-refractivity contribution in [3.05, 3.63) is 29.3 Å². The van der Waals surface area contributed by atoms with E-state index in [1.54, 1.807) is 6.20 Å². The Morgan fingerprint density at radius 1 is 1.65 bits per heavy atom. The fraction of sp³-hybridized carbons (Fsp3) is 0.300. The van der Waals surface area contributed by atoms with Gasteiger partial charge in [-0.05, 0) is 0 Å². The van der Waals surface area contributed by atoms with E-state index in [0.717, 1.165) is 12.2 Å². The first-order valence-electron chi connectivity index (χ1n) is 5.05. The molecular formula is C10H12N4O2S. The van der Waals surface area contributed by atoms with Crippen LogP contribution in [0.25, 0.3) is 0 Å². The molecule has 7 heteroatoms. The van der Waals surface area contributed by atoms with Crippen molar-refractivity contribution in [1.82, 2.24) is 14.5 Å². The summed E-state index contributed by atoms with van der Waals surface area (Å²) in [6.07, 6.45) is 4.41. The number of aryl methyl sites for hydroxylation is 1. The van der Waals surface area contributed by atoms with Crippen LogP contribution in [0.2, 0.25) is 0 Å². The summed E-state index contributed by atoms with van der Waals surface area (Å²) in [5.74, 6) is -0.0223. The number of carboxylic acids is 1. The van der Waals surface area contributed by atoms with Crippen molar-refractivity contribution < 1.29 is 9.90 Å². The Morgan fingerprint density at radius 3 is 3.06 bits per heavy atom. The summed E-state index contributed by atoms with van der Waals surface area (Å²) in [5, 5.41) is 13.9. The summed E-state index contributed by atoms with van der Waals surface area (Å²) < 4.78 is 1.95. The van der Waals surface area contributed by atoms with Crippen molar-refractivity contribution in [2.45, 2.75) is 6.42 Å². The summed E-state index contributed by atoms with van der Waals surface area (Å²) >= 11 is 1.29. The molecule has 0 fully saturated rings. The minimum absolute atomic E-state index is 0.0782. The first-order valence-corrected chi connectivity index (χ1v) is 5.93. The number of thiazole rings is 1. The highest BCUT2D eigenvalue weighted by molar-refractivity contribution is 7.13. The van der Waals surface area contributed by atoms with Crippen molar-refractivity contribution in [3.8, 4) is 0 Å². The number of carboxylic acid groups (broad SMARTS) is 1. The topological polar surface area (TPSA) is 80.0 Å². The summed E-state index contributed by atoms with van der Waals surface area (Å²) in [7, 11) is 1.94. The Hall–Kier alpha value is -1.89. The van der Waals surface area contributed by atoms with Crippen LogP contribution in [-0.2, 0) is 13.5 Å². The molecule has 0 saturated carbocycles. The van der Waals surface area contributed by atoms with Gasteiger partial charge < -0.3 is 15.0 Å². The second-order valence-electron chi connectivity index (χ2n) is 3.47. The predicted molar refractivity (Wildman–Crippen MR) is 64.5 cm³/mol. The number of imidazole rings is 1. The molecule has 0 aliphatic heterocycles. The first-order chi connectivity index (χ1) is 8.16. The van der Waals surface area contributed by atoms with Crippen LogP contribution >= 0.6 is 11.3 Å². The highest BCUT2D eigenvalue weighted by atomic mass is 32.1. The molecule has 0 saturated heterocycles. The van der Waals surface area contributed by atoms with Crippen molar-refractivity contribution in [1.29, 1.82) is 0 Å². The van der Waals surface area contributed by atoms with Gasteiger partial charge in [0, 0.05) is 37.8 Å². The molecule has 0 spiro atoms. The maximum absolute atomic E-state index is 10.6. The maximum Gasteiger partial charge on any atom is 0.355 e. The SMILES string of the molecule is Cn1ccnc1CCNc1nc(C(=O)O)cs1. The molecular weight excluding hydrogens is 240 g/mol. The first kappa shape index (κ1) is 11.6. The number of hydrogen-bond donors (Lipinski definition) is 2. The second-order valence-corrected chi connectivity index (χ2v) is 4.33. The van der Waals surface area contributed by atoms with Gasteiger partial charge in [0.25, 0.3) is 0 Å². The predicted octanol–water partition coefficient (Wildman–Crippen LogP) is 1.23. The molecule has 0 amide bonds. The van der Waals surface area contributed by atoms with Gasteiger partial charge in [0.05, 0.1) is 0 Å². The molecule has 2 aromatic heterocycles. The molecule has 6 nitrogen and oxygen atoms in total. The summed E-state index contributed by atoms with van der Waals surface area (Å²) in [6, 6.07) is 0. The zero-order chi connectivity index (χ0) is 12.3. The quantitative estimate of drug-likeness (QED) is 0.836. The number of aromatic carboxylic acids is 1. The number of rotatable bonds is 5. The molecule has 0 aliphatic rings. The van der Waals surface area contributed by atoms with Gasteiger partial charge in [0.1, 0.15) is 5.82 Å². The van der Waals surface area contributed by atoms with E-state index in [0.29, 0.717) is 11.7 Å². The largest absolute Gasteiger partial charge is 0.476 e. The van der Waals surface area contributed by atoms with Gasteiger partial charge in [-0.2, -0.15) is 0 Å². The minimum atomic E-state index is -1.00. The lowest BCUT2D eigenvalue weighted by atomic mass is 10.4. The highest BCUT2D eigenvalue weighted by Crippen LogP contribution is 2.15. The standard InChI is InChI=1S/C10H12N4O2S/c1-14-5-4-11-8(14)2-3-12-10-13-7(6-17-10)9(15)16/h4-6H,2-3H2,1H3,(H,12,13)(H,15,16). The van der Waals surface area contributed by atoms with Gasteiger partial charge in [0.15, 0.2) is 10.8 Å². The van der Waals surface area contributed by atoms with Crippen LogP contribution in [0.5, 0.6) is 0 Å². The van der Waals surface area contributed by atoms with Crippen molar-refractivity contribution in [2.75, 3.05) is 11.9 Å². The molecule has 0 bridgehead atoms. The Labute approximate surface area is 102 Å². The molecule has 0 aliphatic carbocycles. The molecule has 2 heterocycles. The van der Waals surface area contributed by atoms with Crippen molar-refractivity contribution >= 4 is 22.4 Å². The molecule has 90 valence electrons. The molecule has 2 rings (SSSR count). The van der Waals surface area contributed by atoms with Crippen LogP contribution < -0.4 is 5.32 Å². The average Bonchev–Trinajstić information content (AvgIpc) is 2.89. The fourth-order valence-corrected chi connectivity index (χ4v) is 2.09. The van der Waals surface area contributed by atoms with Crippen LogP contribution in [0.3, 0.4) is 0 Å². The van der Waals surface area contributed by atoms with E-state index in [2.05, 4.69) is 15.3 Å². The lowest BCUT2D eigenvalue weighted by Crippen LogP contribution is -2.08. The average molecular weight is 252 g/mol. The molecule has 0 aromatic carbocycles. The molecule has 0 unspecified atom stereocenters. The lowest BCUT2D eigenvalue weighted by Gasteiger charge is -2.02. The zero-order valence-electron chi connectivity index (χ0n) is 9.25. The van der Waals surface area contributed by atoms with Crippen molar-refractivity contribution in [3.63, 3.8) is 0 Å². The Morgan fingerprint density at radius 2 is 2.47 bits per heavy atom. The van der Waals surface area contributed by atoms with E-state index < -0.39 is 5.97 Å². The van der Waals surface area contributed by atoms with E-state index in [4.69, 9.17) is 5.11 Å². The second kappa shape index (κ2) is 4.96. The number of nitrogens with zero attached hydrogens (tertiary/aromatic N) is 3. The zero-order valence-corrected chi connectivity index (χ0v) is 10.1. The number of nitrogens with one attached hydrogen (secondary N) is 1. The van der Waals surface area contributed by atoms with E-state index in [-0.39, 0.29) is 5.69 Å². The minimum Gasteiger partial charge on any atom is -0.476 e. The van der Waals surface area contributed by atoms with Crippen molar-refractivity contribution in [2.24, 2.45) is 7.05 Å². The number of anilines is 1. The molecule has 17 heavy (non-hydrogen) atoms. The van der Waals surface area contributed by atoms with Crippen LogP contribution in [0.1, 0.15) is 16.3 Å². The summed E-state index contributed by atoms with van der Waals surface area (Å²) in [4.78, 5) is 18.7. The number of hydrogen-bond acceptors (Lipinski definition) is 5.